The standard InChI is InChI=1S/C19H15O5/c1-19-11-4-2-8-9(3-5-12(8)20)15(11)17(23)18-16(19)10(7-24-18)13(21)6-14(19)22/h2,4,6-7,13-14,21-22H,3,5H2,1H3. The van der Waals surface area contributed by atoms with Crippen LogP contribution in [0.5, 0.6) is 0 Å². The normalized spacial score (nSPS) is 30.1. The second kappa shape index (κ2) is 4.23. The Balaban J connectivity index is 1.89. The fraction of sp³-hybridized carbons (Fsp3) is 0.316. The van der Waals surface area contributed by atoms with E-state index in [0.717, 1.165) is 5.56 Å². The van der Waals surface area contributed by atoms with E-state index in [4.69, 9.17) is 4.42 Å². The molecule has 0 saturated heterocycles. The third kappa shape index (κ3) is 1.39. The van der Waals surface area contributed by atoms with Gasteiger partial charge in [0.25, 0.3) is 0 Å². The molecule has 0 saturated carbocycles. The van der Waals surface area contributed by atoms with Crippen LogP contribution in [-0.4, -0.2) is 27.9 Å². The summed E-state index contributed by atoms with van der Waals surface area (Å²) in [6.45, 7) is 1.85. The van der Waals surface area contributed by atoms with Crippen LogP contribution in [0, 0.1) is 6.42 Å². The third-order valence-corrected chi connectivity index (χ3v) is 5.82. The highest BCUT2D eigenvalue weighted by atomic mass is 16.3. The smallest absolute Gasteiger partial charge is 0.229 e. The lowest BCUT2D eigenvalue weighted by Crippen LogP contribution is -2.47. The van der Waals surface area contributed by atoms with E-state index in [1.807, 2.05) is 6.92 Å². The van der Waals surface area contributed by atoms with Crippen molar-refractivity contribution in [2.75, 3.05) is 0 Å². The highest BCUT2D eigenvalue weighted by Gasteiger charge is 2.53. The van der Waals surface area contributed by atoms with E-state index in [9.17, 15) is 19.8 Å². The van der Waals surface area contributed by atoms with Crippen LogP contribution in [0.15, 0.2) is 22.8 Å². The number of hydrogen-bond acceptors (Lipinski definition) is 5. The lowest BCUT2D eigenvalue weighted by Gasteiger charge is -2.43. The molecule has 5 rings (SSSR count). The summed E-state index contributed by atoms with van der Waals surface area (Å²) in [5.41, 5.74) is 2.74. The predicted octanol–water partition coefficient (Wildman–Crippen LogP) is 1.87. The lowest BCUT2D eigenvalue weighted by molar-refractivity contribution is 0.0780. The molecule has 121 valence electrons. The van der Waals surface area contributed by atoms with Crippen LogP contribution in [0.4, 0.5) is 0 Å². The van der Waals surface area contributed by atoms with Crippen molar-refractivity contribution in [3.8, 4) is 0 Å². The molecule has 2 aromatic rings. The second-order valence-corrected chi connectivity index (χ2v) is 6.95. The van der Waals surface area contributed by atoms with E-state index >= 15 is 0 Å². The molecule has 3 aliphatic rings. The summed E-state index contributed by atoms with van der Waals surface area (Å²) in [4.78, 5) is 25.1. The summed E-state index contributed by atoms with van der Waals surface area (Å²) in [6, 6.07) is 3.52. The van der Waals surface area contributed by atoms with Gasteiger partial charge in [0.05, 0.1) is 18.5 Å². The minimum absolute atomic E-state index is 0.0443. The average molecular weight is 323 g/mol. The van der Waals surface area contributed by atoms with Crippen LogP contribution >= 0.6 is 0 Å². The minimum atomic E-state index is -0.967. The van der Waals surface area contributed by atoms with Crippen molar-refractivity contribution in [3.05, 3.63) is 64.0 Å². The van der Waals surface area contributed by atoms with Gasteiger partial charge in [0, 0.05) is 40.5 Å². The molecule has 0 spiro atoms. The Morgan fingerprint density at radius 1 is 1.21 bits per heavy atom. The van der Waals surface area contributed by atoms with Gasteiger partial charge in [-0.2, -0.15) is 0 Å². The van der Waals surface area contributed by atoms with Crippen molar-refractivity contribution >= 4 is 11.6 Å². The summed E-state index contributed by atoms with van der Waals surface area (Å²) in [7, 11) is 0. The van der Waals surface area contributed by atoms with Crippen molar-refractivity contribution < 1.29 is 24.2 Å². The number of ketones is 2. The van der Waals surface area contributed by atoms with Crippen LogP contribution in [0.2, 0.25) is 0 Å². The Labute approximate surface area is 137 Å². The molecule has 3 atom stereocenters. The zero-order valence-corrected chi connectivity index (χ0v) is 13.0. The van der Waals surface area contributed by atoms with Crippen LogP contribution in [0.1, 0.15) is 68.2 Å². The molecular weight excluding hydrogens is 308 g/mol. The minimum Gasteiger partial charge on any atom is -0.460 e. The quantitative estimate of drug-likeness (QED) is 0.773. The van der Waals surface area contributed by atoms with Gasteiger partial charge < -0.3 is 14.6 Å². The fourth-order valence-electron chi connectivity index (χ4n) is 4.55. The van der Waals surface area contributed by atoms with Gasteiger partial charge in [0.2, 0.25) is 5.78 Å². The monoisotopic (exact) mass is 323 g/mol. The molecule has 3 unspecified atom stereocenters. The van der Waals surface area contributed by atoms with Crippen molar-refractivity contribution in [1.29, 1.82) is 0 Å². The zero-order valence-electron chi connectivity index (χ0n) is 13.0. The summed E-state index contributed by atoms with van der Waals surface area (Å²) < 4.78 is 5.50. The number of hydrogen-bond donors (Lipinski definition) is 2. The number of Topliss-reactive ketones (excluding diaryl/α,β-unsaturated/α-hetero) is 1. The third-order valence-electron chi connectivity index (χ3n) is 5.82. The average Bonchev–Trinajstić information content (AvgIpc) is 3.16. The molecule has 1 aromatic heterocycles. The van der Waals surface area contributed by atoms with Gasteiger partial charge in [-0.05, 0) is 24.5 Å². The molecule has 0 fully saturated rings. The molecule has 2 N–H and O–H groups in total. The summed E-state index contributed by atoms with van der Waals surface area (Å²) >= 11 is 0. The van der Waals surface area contributed by atoms with E-state index in [-0.39, 0.29) is 17.3 Å². The van der Waals surface area contributed by atoms with Crippen molar-refractivity contribution in [1.82, 2.24) is 0 Å². The van der Waals surface area contributed by atoms with E-state index in [1.165, 1.54) is 12.7 Å². The highest BCUT2D eigenvalue weighted by Crippen LogP contribution is 2.53. The molecule has 0 bridgehead atoms. The van der Waals surface area contributed by atoms with Gasteiger partial charge in [-0.1, -0.05) is 12.1 Å². The molecule has 0 aliphatic heterocycles. The number of carbonyl (C=O) groups excluding carboxylic acids is 2. The van der Waals surface area contributed by atoms with Crippen LogP contribution in [0.25, 0.3) is 0 Å². The molecule has 1 radical (unpaired) electrons. The summed E-state index contributed by atoms with van der Waals surface area (Å²) in [5, 5.41) is 20.9. The molecular formula is C19H15O5. The maximum atomic E-state index is 13.1. The topological polar surface area (TPSA) is 87.7 Å². The molecule has 5 nitrogen and oxygen atoms in total. The van der Waals surface area contributed by atoms with Gasteiger partial charge in [0.1, 0.15) is 0 Å². The second-order valence-electron chi connectivity index (χ2n) is 6.95. The number of aliphatic hydroxyl groups is 2. The van der Waals surface area contributed by atoms with Crippen molar-refractivity contribution in [2.45, 2.75) is 37.4 Å². The molecule has 5 heteroatoms. The Hall–Kier alpha value is -2.24. The lowest BCUT2D eigenvalue weighted by atomic mass is 9.60. The Kier molecular flexibility index (Phi) is 2.49. The number of benzene rings is 1. The predicted molar refractivity (Wildman–Crippen MR) is 83.0 cm³/mol. The molecule has 0 amide bonds. The first-order valence-corrected chi connectivity index (χ1v) is 8.01. The molecule has 3 aliphatic carbocycles. The maximum absolute atomic E-state index is 13.1. The summed E-state index contributed by atoms with van der Waals surface area (Å²) in [5.74, 6) is -0.0571. The fourth-order valence-corrected chi connectivity index (χ4v) is 4.55. The SMILES string of the molecule is CC12c3ccc4c(c3C(=O)c3occ(c31)C(O)[CH]C2O)CCC4=O. The first-order valence-electron chi connectivity index (χ1n) is 8.01. The Bertz CT molecular complexity index is 937. The maximum Gasteiger partial charge on any atom is 0.229 e. The van der Waals surface area contributed by atoms with Crippen molar-refractivity contribution in [2.24, 2.45) is 0 Å². The largest absolute Gasteiger partial charge is 0.460 e. The molecule has 24 heavy (non-hydrogen) atoms. The van der Waals surface area contributed by atoms with Gasteiger partial charge in [0.15, 0.2) is 11.5 Å². The van der Waals surface area contributed by atoms with E-state index in [0.29, 0.717) is 40.7 Å². The summed E-state index contributed by atoms with van der Waals surface area (Å²) in [6.07, 6.45) is 1.86. The first kappa shape index (κ1) is 14.1. The zero-order chi connectivity index (χ0) is 16.8. The Morgan fingerprint density at radius 3 is 2.79 bits per heavy atom. The van der Waals surface area contributed by atoms with Crippen molar-refractivity contribution in [3.63, 3.8) is 0 Å². The van der Waals surface area contributed by atoms with Crippen LogP contribution < -0.4 is 0 Å². The number of carbonyl (C=O) groups is 2. The highest BCUT2D eigenvalue weighted by molar-refractivity contribution is 6.15. The number of fused-ring (bicyclic) bond motifs is 4. The van der Waals surface area contributed by atoms with Gasteiger partial charge in [-0.3, -0.25) is 9.59 Å². The van der Waals surface area contributed by atoms with Gasteiger partial charge in [-0.25, -0.2) is 0 Å². The Morgan fingerprint density at radius 2 is 2.00 bits per heavy atom. The van der Waals surface area contributed by atoms with Gasteiger partial charge >= 0.3 is 0 Å². The number of aliphatic hydroxyl groups excluding tert-OH is 2. The number of furan rings is 1. The van der Waals surface area contributed by atoms with Gasteiger partial charge in [-0.15, -0.1) is 0 Å². The van der Waals surface area contributed by atoms with E-state index in [1.54, 1.807) is 12.1 Å². The molecule has 1 aromatic carbocycles. The van der Waals surface area contributed by atoms with E-state index < -0.39 is 17.6 Å². The van der Waals surface area contributed by atoms with Crippen LogP contribution in [-0.2, 0) is 11.8 Å². The first-order chi connectivity index (χ1) is 11.4. The van der Waals surface area contributed by atoms with Crippen LogP contribution in [0.3, 0.4) is 0 Å². The van der Waals surface area contributed by atoms with E-state index in [2.05, 4.69) is 0 Å². The molecule has 1 heterocycles. The number of rotatable bonds is 0.